The highest BCUT2D eigenvalue weighted by Gasteiger charge is 2.19. The molecular weight excluding hydrogens is 271 g/mol. The normalized spacial score (nSPS) is 20.2. The van der Waals surface area contributed by atoms with Crippen LogP contribution in [0, 0.1) is 0 Å². The molecule has 3 rings (SSSR count). The van der Waals surface area contributed by atoms with E-state index in [1.807, 2.05) is 28.9 Å². The van der Waals surface area contributed by atoms with Gasteiger partial charge in [0.15, 0.2) is 0 Å². The lowest BCUT2D eigenvalue weighted by Crippen LogP contribution is -2.26. The van der Waals surface area contributed by atoms with Gasteiger partial charge in [-0.1, -0.05) is 11.6 Å². The van der Waals surface area contributed by atoms with E-state index in [0.717, 1.165) is 42.4 Å². The summed E-state index contributed by atoms with van der Waals surface area (Å²) in [6, 6.07) is 4.11. The number of hydrogen-bond donors (Lipinski definition) is 1. The van der Waals surface area contributed by atoms with Crippen molar-refractivity contribution in [1.29, 1.82) is 0 Å². The molecule has 1 unspecified atom stereocenters. The second kappa shape index (κ2) is 5.45. The lowest BCUT2D eigenvalue weighted by molar-refractivity contribution is 0.323. The monoisotopic (exact) mass is 286 g/mol. The molecule has 18 heavy (non-hydrogen) atoms. The molecule has 0 amide bonds. The van der Waals surface area contributed by atoms with Crippen molar-refractivity contribution in [2.75, 3.05) is 13.1 Å². The minimum absolute atomic E-state index is 0. The first kappa shape index (κ1) is 13.6. The Morgan fingerprint density at radius 2 is 2.22 bits per heavy atom. The molecule has 2 N–H and O–H groups in total. The molecule has 98 valence electrons. The van der Waals surface area contributed by atoms with Gasteiger partial charge < -0.3 is 10.1 Å². The lowest BCUT2D eigenvalue weighted by atomic mass is 10.3. The number of nitrogens with two attached hydrogens (primary N) is 1. The first-order valence-corrected chi connectivity index (χ1v) is 6.19. The van der Waals surface area contributed by atoms with Crippen LogP contribution >= 0.6 is 24.0 Å². The van der Waals surface area contributed by atoms with Gasteiger partial charge in [0.25, 0.3) is 0 Å². The quantitative estimate of drug-likeness (QED) is 0.918. The van der Waals surface area contributed by atoms with Gasteiger partial charge in [0.1, 0.15) is 5.65 Å². The van der Waals surface area contributed by atoms with Gasteiger partial charge in [-0.25, -0.2) is 4.98 Å². The number of hydrogen-bond acceptors (Lipinski definition) is 3. The number of halogens is 2. The molecule has 1 aliphatic heterocycles. The molecule has 6 heteroatoms. The highest BCUT2D eigenvalue weighted by molar-refractivity contribution is 6.30. The molecule has 0 aliphatic carbocycles. The molecule has 1 saturated heterocycles. The molecule has 0 bridgehead atoms. The van der Waals surface area contributed by atoms with Gasteiger partial charge >= 0.3 is 0 Å². The Kier molecular flexibility index (Phi) is 4.12. The van der Waals surface area contributed by atoms with Crippen LogP contribution in [0.3, 0.4) is 0 Å². The van der Waals surface area contributed by atoms with Crippen LogP contribution in [0.15, 0.2) is 24.5 Å². The number of aromatic nitrogens is 2. The van der Waals surface area contributed by atoms with Gasteiger partial charge in [0.2, 0.25) is 0 Å². The first-order valence-electron chi connectivity index (χ1n) is 5.82. The maximum absolute atomic E-state index is 5.94. The number of likely N-dealkylation sites (tertiary alicyclic amines) is 1. The standard InChI is InChI=1S/C12H15ClN4.ClH/c13-9-1-2-12-15-11(8-17(12)5-9)7-16-4-3-10(14)6-16;/h1-2,5,8,10H,3-4,6-7,14H2;1H. The maximum Gasteiger partial charge on any atom is 0.137 e. The predicted octanol–water partition coefficient (Wildman–Crippen LogP) is 1.94. The van der Waals surface area contributed by atoms with E-state index in [1.165, 1.54) is 0 Å². The summed E-state index contributed by atoms with van der Waals surface area (Å²) >= 11 is 5.94. The average molecular weight is 287 g/mol. The summed E-state index contributed by atoms with van der Waals surface area (Å²) in [5.74, 6) is 0. The van der Waals surface area contributed by atoms with Gasteiger partial charge in [-0.05, 0) is 18.6 Å². The van der Waals surface area contributed by atoms with E-state index < -0.39 is 0 Å². The van der Waals surface area contributed by atoms with Crippen molar-refractivity contribution in [2.24, 2.45) is 5.73 Å². The van der Waals surface area contributed by atoms with Crippen LogP contribution in [0.25, 0.3) is 5.65 Å². The predicted molar refractivity (Wildman–Crippen MR) is 75.3 cm³/mol. The Labute approximate surface area is 117 Å². The molecule has 3 heterocycles. The summed E-state index contributed by atoms with van der Waals surface area (Å²) in [6.07, 6.45) is 4.99. The van der Waals surface area contributed by atoms with E-state index >= 15 is 0 Å². The molecule has 4 nitrogen and oxygen atoms in total. The SMILES string of the molecule is Cl.NC1CCN(Cc2cn3cc(Cl)ccc3n2)C1. The molecule has 2 aromatic heterocycles. The molecule has 0 aromatic carbocycles. The van der Waals surface area contributed by atoms with Crippen molar-refractivity contribution in [3.05, 3.63) is 35.2 Å². The largest absolute Gasteiger partial charge is 0.326 e. The molecule has 0 radical (unpaired) electrons. The van der Waals surface area contributed by atoms with Gasteiger partial charge in [-0.2, -0.15) is 0 Å². The van der Waals surface area contributed by atoms with Crippen LogP contribution in [-0.4, -0.2) is 33.4 Å². The molecule has 0 saturated carbocycles. The minimum Gasteiger partial charge on any atom is -0.326 e. The van der Waals surface area contributed by atoms with Gasteiger partial charge in [-0.15, -0.1) is 12.4 Å². The lowest BCUT2D eigenvalue weighted by Gasteiger charge is -2.12. The van der Waals surface area contributed by atoms with E-state index in [2.05, 4.69) is 9.88 Å². The topological polar surface area (TPSA) is 46.6 Å². The second-order valence-electron chi connectivity index (χ2n) is 4.63. The molecule has 1 aliphatic rings. The van der Waals surface area contributed by atoms with Crippen LogP contribution in [0.4, 0.5) is 0 Å². The fourth-order valence-corrected chi connectivity index (χ4v) is 2.50. The number of nitrogens with zero attached hydrogens (tertiary/aromatic N) is 3. The summed E-state index contributed by atoms with van der Waals surface area (Å²) in [5.41, 5.74) is 7.90. The fraction of sp³-hybridized carbons (Fsp3) is 0.417. The molecule has 1 fully saturated rings. The fourth-order valence-electron chi connectivity index (χ4n) is 2.33. The van der Waals surface area contributed by atoms with E-state index in [0.29, 0.717) is 6.04 Å². The Bertz CT molecular complexity index is 540. The van der Waals surface area contributed by atoms with Crippen LogP contribution in [-0.2, 0) is 6.54 Å². The maximum atomic E-state index is 5.94. The summed E-state index contributed by atoms with van der Waals surface area (Å²) in [7, 11) is 0. The van der Waals surface area contributed by atoms with Crippen molar-refractivity contribution >= 4 is 29.7 Å². The first-order chi connectivity index (χ1) is 8.20. The van der Waals surface area contributed by atoms with Crippen LogP contribution in [0.5, 0.6) is 0 Å². The zero-order valence-corrected chi connectivity index (χ0v) is 11.5. The summed E-state index contributed by atoms with van der Waals surface area (Å²) in [6.45, 7) is 2.90. The minimum atomic E-state index is 0. The Hall–Kier alpha value is -0.810. The van der Waals surface area contributed by atoms with Crippen molar-refractivity contribution < 1.29 is 0 Å². The Morgan fingerprint density at radius 3 is 2.94 bits per heavy atom. The van der Waals surface area contributed by atoms with Gasteiger partial charge in [0, 0.05) is 38.1 Å². The van der Waals surface area contributed by atoms with Gasteiger partial charge in [0.05, 0.1) is 10.7 Å². The molecular formula is C12H16Cl2N4. The average Bonchev–Trinajstić information content (AvgIpc) is 2.84. The molecule has 0 spiro atoms. The number of fused-ring (bicyclic) bond motifs is 1. The third-order valence-corrected chi connectivity index (χ3v) is 3.38. The van der Waals surface area contributed by atoms with E-state index in [4.69, 9.17) is 17.3 Å². The smallest absolute Gasteiger partial charge is 0.137 e. The molecule has 2 aromatic rings. The van der Waals surface area contributed by atoms with Gasteiger partial charge in [-0.3, -0.25) is 4.90 Å². The highest BCUT2D eigenvalue weighted by atomic mass is 35.5. The van der Waals surface area contributed by atoms with Crippen LogP contribution < -0.4 is 5.73 Å². The van der Waals surface area contributed by atoms with Crippen LogP contribution in [0.2, 0.25) is 5.02 Å². The summed E-state index contributed by atoms with van der Waals surface area (Å²) < 4.78 is 1.97. The third kappa shape index (κ3) is 2.78. The van der Waals surface area contributed by atoms with E-state index in [1.54, 1.807) is 0 Å². The zero-order chi connectivity index (χ0) is 11.8. The number of pyridine rings is 1. The summed E-state index contributed by atoms with van der Waals surface area (Å²) in [4.78, 5) is 6.91. The third-order valence-electron chi connectivity index (χ3n) is 3.16. The van der Waals surface area contributed by atoms with Crippen molar-refractivity contribution in [2.45, 2.75) is 19.0 Å². The number of rotatable bonds is 2. The van der Waals surface area contributed by atoms with Crippen molar-refractivity contribution in [3.8, 4) is 0 Å². The van der Waals surface area contributed by atoms with Crippen molar-refractivity contribution in [3.63, 3.8) is 0 Å². The van der Waals surface area contributed by atoms with E-state index in [9.17, 15) is 0 Å². The highest BCUT2D eigenvalue weighted by Crippen LogP contribution is 2.15. The van der Waals surface area contributed by atoms with Crippen molar-refractivity contribution in [1.82, 2.24) is 14.3 Å². The summed E-state index contributed by atoms with van der Waals surface area (Å²) in [5, 5.41) is 0.727. The Morgan fingerprint density at radius 1 is 1.39 bits per heavy atom. The Balaban J connectivity index is 0.00000120. The van der Waals surface area contributed by atoms with E-state index in [-0.39, 0.29) is 12.4 Å². The van der Waals surface area contributed by atoms with Crippen LogP contribution in [0.1, 0.15) is 12.1 Å². The zero-order valence-electron chi connectivity index (χ0n) is 9.92. The molecule has 1 atom stereocenters. The second-order valence-corrected chi connectivity index (χ2v) is 5.07. The number of imidazole rings is 1.